The number of Topliss-reactive ketones (excluding diaryl/α,β-unsaturated/α-hetero) is 1. The molecular weight excluding hydrogens is 394 g/mol. The van der Waals surface area contributed by atoms with Gasteiger partial charge in [0.15, 0.2) is 23.0 Å². The van der Waals surface area contributed by atoms with Crippen LogP contribution in [0.2, 0.25) is 0 Å². The molecule has 1 unspecified atom stereocenters. The molecule has 1 atom stereocenters. The van der Waals surface area contributed by atoms with Gasteiger partial charge in [-0.3, -0.25) is 9.59 Å². The molecule has 0 aliphatic carbocycles. The summed E-state index contributed by atoms with van der Waals surface area (Å²) in [7, 11) is 3.08. The van der Waals surface area contributed by atoms with Crippen LogP contribution in [0.5, 0.6) is 11.5 Å². The molecule has 1 heterocycles. The molecule has 1 N–H and O–H groups in total. The minimum Gasteiger partial charge on any atom is -0.503 e. The van der Waals surface area contributed by atoms with E-state index in [9.17, 15) is 14.7 Å². The number of benzene rings is 2. The van der Waals surface area contributed by atoms with E-state index in [2.05, 4.69) is 0 Å². The van der Waals surface area contributed by atoms with Crippen molar-refractivity contribution in [1.82, 2.24) is 4.90 Å². The number of ketones is 1. The second-order valence-corrected chi connectivity index (χ2v) is 8.03. The highest BCUT2D eigenvalue weighted by molar-refractivity contribution is 6.09. The zero-order chi connectivity index (χ0) is 22.5. The van der Waals surface area contributed by atoms with E-state index < -0.39 is 17.7 Å². The van der Waals surface area contributed by atoms with Crippen molar-refractivity contribution in [2.45, 2.75) is 32.7 Å². The number of hydrogen-bond acceptors (Lipinski definition) is 5. The Morgan fingerprint density at radius 2 is 1.74 bits per heavy atom. The maximum atomic E-state index is 13.0. The molecule has 0 fully saturated rings. The predicted molar refractivity (Wildman–Crippen MR) is 118 cm³/mol. The monoisotopic (exact) mass is 423 g/mol. The van der Waals surface area contributed by atoms with Crippen LogP contribution in [-0.2, 0) is 16.0 Å². The summed E-state index contributed by atoms with van der Waals surface area (Å²) in [6.07, 6.45) is 0.859. The number of nitrogens with zero attached hydrogens (tertiary/aromatic N) is 1. The highest BCUT2D eigenvalue weighted by Gasteiger charge is 2.43. The van der Waals surface area contributed by atoms with Gasteiger partial charge in [-0.2, -0.15) is 0 Å². The summed E-state index contributed by atoms with van der Waals surface area (Å²) in [5.74, 6) is -0.0522. The first-order valence-electron chi connectivity index (χ1n) is 10.4. The third kappa shape index (κ3) is 4.74. The van der Waals surface area contributed by atoms with Gasteiger partial charge in [0.1, 0.15) is 0 Å². The zero-order valence-corrected chi connectivity index (χ0v) is 18.4. The van der Waals surface area contributed by atoms with Crippen LogP contribution in [0.1, 0.15) is 37.4 Å². The summed E-state index contributed by atoms with van der Waals surface area (Å²) in [5.41, 5.74) is 1.91. The van der Waals surface area contributed by atoms with Gasteiger partial charge in [-0.05, 0) is 35.6 Å². The number of methoxy groups -OCH3 is 2. The number of aliphatic hydroxyl groups excluding tert-OH is 1. The van der Waals surface area contributed by atoms with E-state index in [1.165, 1.54) is 7.11 Å². The molecule has 1 aliphatic rings. The third-order valence-electron chi connectivity index (χ3n) is 5.41. The number of rotatable bonds is 9. The molecule has 164 valence electrons. The highest BCUT2D eigenvalue weighted by Crippen LogP contribution is 2.41. The topological polar surface area (TPSA) is 76.1 Å². The van der Waals surface area contributed by atoms with Crippen LogP contribution in [0.25, 0.3) is 0 Å². The van der Waals surface area contributed by atoms with E-state index in [1.54, 1.807) is 30.2 Å². The first-order chi connectivity index (χ1) is 14.9. The minimum absolute atomic E-state index is 0.104. The molecule has 2 aromatic carbocycles. The maximum absolute atomic E-state index is 13.0. The maximum Gasteiger partial charge on any atom is 0.290 e. The van der Waals surface area contributed by atoms with Crippen LogP contribution in [0.4, 0.5) is 0 Å². The van der Waals surface area contributed by atoms with Gasteiger partial charge in [0.2, 0.25) is 0 Å². The molecule has 0 bridgehead atoms. The Balaban J connectivity index is 2.01. The molecule has 31 heavy (non-hydrogen) atoms. The lowest BCUT2D eigenvalue weighted by Gasteiger charge is -2.27. The third-order valence-corrected chi connectivity index (χ3v) is 5.41. The van der Waals surface area contributed by atoms with E-state index in [1.807, 2.05) is 44.2 Å². The number of amides is 1. The Hall–Kier alpha value is -3.28. The van der Waals surface area contributed by atoms with Crippen molar-refractivity contribution in [1.29, 1.82) is 0 Å². The van der Waals surface area contributed by atoms with Crippen molar-refractivity contribution in [2.24, 2.45) is 5.92 Å². The van der Waals surface area contributed by atoms with Crippen LogP contribution in [0.15, 0.2) is 59.9 Å². The summed E-state index contributed by atoms with van der Waals surface area (Å²) >= 11 is 0. The highest BCUT2D eigenvalue weighted by atomic mass is 16.5. The normalized spacial score (nSPS) is 16.2. The fourth-order valence-electron chi connectivity index (χ4n) is 3.91. The molecule has 6 heteroatoms. The van der Waals surface area contributed by atoms with Gasteiger partial charge >= 0.3 is 0 Å². The number of hydrogen-bond donors (Lipinski definition) is 1. The largest absolute Gasteiger partial charge is 0.503 e. The van der Waals surface area contributed by atoms with E-state index >= 15 is 0 Å². The standard InChI is InChI=1S/C25H29NO5/c1-16(2)14-19(27)22-23(18-10-11-20(30-3)21(15-18)31-4)26(25(29)24(22)28)13-12-17-8-6-5-7-9-17/h5-11,15-16,23,28H,12-14H2,1-4H3. The molecule has 0 aromatic heterocycles. The smallest absolute Gasteiger partial charge is 0.290 e. The van der Waals surface area contributed by atoms with Crippen LogP contribution >= 0.6 is 0 Å². The molecule has 2 aromatic rings. The van der Waals surface area contributed by atoms with Gasteiger partial charge in [0.25, 0.3) is 5.91 Å². The second-order valence-electron chi connectivity index (χ2n) is 8.03. The summed E-state index contributed by atoms with van der Waals surface area (Å²) in [6.45, 7) is 4.24. The van der Waals surface area contributed by atoms with Crippen molar-refractivity contribution < 1.29 is 24.2 Å². The van der Waals surface area contributed by atoms with Crippen LogP contribution < -0.4 is 9.47 Å². The predicted octanol–water partition coefficient (Wildman–Crippen LogP) is 4.26. The lowest BCUT2D eigenvalue weighted by molar-refractivity contribution is -0.129. The number of ether oxygens (including phenoxy) is 2. The summed E-state index contributed by atoms with van der Waals surface area (Å²) in [6, 6.07) is 14.4. The van der Waals surface area contributed by atoms with E-state index in [0.717, 1.165) is 5.56 Å². The van der Waals surface area contributed by atoms with E-state index in [4.69, 9.17) is 9.47 Å². The summed E-state index contributed by atoms with van der Waals surface area (Å²) in [4.78, 5) is 27.6. The first kappa shape index (κ1) is 22.4. The Labute approximate surface area is 183 Å². The van der Waals surface area contributed by atoms with Crippen LogP contribution in [-0.4, -0.2) is 42.5 Å². The SMILES string of the molecule is COc1ccc(C2C(C(=O)CC(C)C)=C(O)C(=O)N2CCc2ccccc2)cc1OC. The number of aliphatic hydroxyl groups is 1. The number of carbonyl (C=O) groups excluding carboxylic acids is 2. The molecule has 3 rings (SSSR count). The van der Waals surface area contributed by atoms with Gasteiger partial charge in [-0.1, -0.05) is 50.2 Å². The molecule has 0 spiro atoms. The Morgan fingerprint density at radius 1 is 1.06 bits per heavy atom. The van der Waals surface area contributed by atoms with Crippen molar-refractivity contribution in [3.05, 3.63) is 71.0 Å². The molecule has 1 aliphatic heterocycles. The van der Waals surface area contributed by atoms with Crippen molar-refractivity contribution in [3.63, 3.8) is 0 Å². The second kappa shape index (κ2) is 9.69. The summed E-state index contributed by atoms with van der Waals surface area (Å²) < 4.78 is 10.7. The van der Waals surface area contributed by atoms with E-state index in [0.29, 0.717) is 30.0 Å². The molecule has 1 amide bonds. The first-order valence-corrected chi connectivity index (χ1v) is 10.4. The van der Waals surface area contributed by atoms with Gasteiger partial charge in [-0.25, -0.2) is 0 Å². The zero-order valence-electron chi connectivity index (χ0n) is 18.4. The lowest BCUT2D eigenvalue weighted by atomic mass is 9.92. The Kier molecular flexibility index (Phi) is 7.00. The molecule has 0 saturated heterocycles. The lowest BCUT2D eigenvalue weighted by Crippen LogP contribution is -2.33. The molecule has 0 saturated carbocycles. The van der Waals surface area contributed by atoms with Gasteiger partial charge in [-0.15, -0.1) is 0 Å². The van der Waals surface area contributed by atoms with Crippen molar-refractivity contribution in [3.8, 4) is 11.5 Å². The average molecular weight is 424 g/mol. The molecule has 6 nitrogen and oxygen atoms in total. The van der Waals surface area contributed by atoms with Gasteiger partial charge in [0, 0.05) is 13.0 Å². The van der Waals surface area contributed by atoms with Crippen LogP contribution in [0, 0.1) is 5.92 Å². The Bertz CT molecular complexity index is 981. The quantitative estimate of drug-likeness (QED) is 0.652. The minimum atomic E-state index is -0.678. The van der Waals surface area contributed by atoms with E-state index in [-0.39, 0.29) is 23.7 Å². The van der Waals surface area contributed by atoms with Crippen molar-refractivity contribution >= 4 is 11.7 Å². The fourth-order valence-corrected chi connectivity index (χ4v) is 3.91. The van der Waals surface area contributed by atoms with Crippen LogP contribution in [0.3, 0.4) is 0 Å². The Morgan fingerprint density at radius 3 is 2.35 bits per heavy atom. The molecular formula is C25H29NO5. The summed E-state index contributed by atoms with van der Waals surface area (Å²) in [5, 5.41) is 10.7. The van der Waals surface area contributed by atoms with Crippen molar-refractivity contribution in [2.75, 3.05) is 20.8 Å². The molecule has 0 radical (unpaired) electrons. The van der Waals surface area contributed by atoms with Gasteiger partial charge in [0.05, 0.1) is 25.8 Å². The average Bonchev–Trinajstić information content (AvgIpc) is 3.02. The number of carbonyl (C=O) groups is 2. The van der Waals surface area contributed by atoms with Gasteiger partial charge < -0.3 is 19.5 Å². The fraction of sp³-hybridized carbons (Fsp3) is 0.360.